The Morgan fingerprint density at radius 3 is 2.69 bits per heavy atom. The summed E-state index contributed by atoms with van der Waals surface area (Å²) >= 11 is 0. The fourth-order valence-electron chi connectivity index (χ4n) is 2.41. The zero-order valence-corrected chi connectivity index (χ0v) is 13.8. The molecule has 1 atom stereocenters. The Morgan fingerprint density at radius 2 is 1.92 bits per heavy atom. The summed E-state index contributed by atoms with van der Waals surface area (Å²) in [6, 6.07) is 7.33. The van der Waals surface area contributed by atoms with Crippen molar-refractivity contribution in [2.45, 2.75) is 13.0 Å². The lowest BCUT2D eigenvalue weighted by molar-refractivity contribution is -0.124. The Labute approximate surface area is 147 Å². The summed E-state index contributed by atoms with van der Waals surface area (Å²) in [5.41, 5.74) is 0.335. The zero-order chi connectivity index (χ0) is 18.7. The van der Waals surface area contributed by atoms with Crippen LogP contribution < -0.4 is 14.8 Å². The van der Waals surface area contributed by atoms with Gasteiger partial charge in [0.2, 0.25) is 6.79 Å². The normalized spacial score (nSPS) is 13.2. The van der Waals surface area contributed by atoms with E-state index < -0.39 is 35.7 Å². The molecule has 136 valence electrons. The van der Waals surface area contributed by atoms with Crippen LogP contribution >= 0.6 is 0 Å². The number of carbonyl (C=O) groups is 2. The van der Waals surface area contributed by atoms with Crippen molar-refractivity contribution < 1.29 is 32.6 Å². The van der Waals surface area contributed by atoms with Crippen molar-refractivity contribution in [1.29, 1.82) is 0 Å². The Morgan fingerprint density at radius 1 is 1.15 bits per heavy atom. The first-order valence-corrected chi connectivity index (χ1v) is 7.75. The van der Waals surface area contributed by atoms with Gasteiger partial charge in [-0.25, -0.2) is 13.6 Å². The van der Waals surface area contributed by atoms with E-state index in [-0.39, 0.29) is 12.8 Å². The number of fused-ring (bicyclic) bond motifs is 1. The molecule has 1 N–H and O–H groups in total. The van der Waals surface area contributed by atoms with Crippen LogP contribution in [-0.4, -0.2) is 25.3 Å². The second kappa shape index (κ2) is 7.38. The van der Waals surface area contributed by atoms with Gasteiger partial charge >= 0.3 is 5.97 Å². The van der Waals surface area contributed by atoms with Crippen molar-refractivity contribution in [1.82, 2.24) is 5.32 Å². The third kappa shape index (κ3) is 3.90. The number of hydrogen-bond donors (Lipinski definition) is 1. The third-order valence-corrected chi connectivity index (χ3v) is 3.76. The van der Waals surface area contributed by atoms with E-state index in [1.54, 1.807) is 25.1 Å². The summed E-state index contributed by atoms with van der Waals surface area (Å²) in [6.45, 7) is 1.30. The van der Waals surface area contributed by atoms with E-state index in [0.717, 1.165) is 17.7 Å². The number of amides is 1. The summed E-state index contributed by atoms with van der Waals surface area (Å²) in [4.78, 5) is 23.7. The minimum absolute atomic E-state index is 0.148. The van der Waals surface area contributed by atoms with Crippen molar-refractivity contribution in [2.24, 2.45) is 0 Å². The average molecular weight is 363 g/mol. The quantitative estimate of drug-likeness (QED) is 0.827. The van der Waals surface area contributed by atoms with Crippen LogP contribution in [0.3, 0.4) is 0 Å². The number of carbonyl (C=O) groups excluding carboxylic acids is 2. The van der Waals surface area contributed by atoms with Gasteiger partial charge in [-0.05, 0) is 36.8 Å². The van der Waals surface area contributed by atoms with Gasteiger partial charge in [0.1, 0.15) is 11.6 Å². The second-order valence-corrected chi connectivity index (χ2v) is 5.60. The largest absolute Gasteiger partial charge is 0.454 e. The minimum Gasteiger partial charge on any atom is -0.454 e. The average Bonchev–Trinajstić information content (AvgIpc) is 3.07. The number of benzene rings is 2. The lowest BCUT2D eigenvalue weighted by Gasteiger charge is -2.15. The number of rotatable bonds is 5. The van der Waals surface area contributed by atoms with Crippen LogP contribution in [0.5, 0.6) is 11.5 Å². The van der Waals surface area contributed by atoms with Crippen LogP contribution in [0.2, 0.25) is 0 Å². The van der Waals surface area contributed by atoms with Gasteiger partial charge in [-0.1, -0.05) is 6.07 Å². The van der Waals surface area contributed by atoms with Crippen LogP contribution in [-0.2, 0) is 9.53 Å². The molecule has 0 aliphatic carbocycles. The summed E-state index contributed by atoms with van der Waals surface area (Å²) in [6.07, 6.45) is 0. The molecule has 0 radical (unpaired) electrons. The van der Waals surface area contributed by atoms with Gasteiger partial charge in [0.05, 0.1) is 11.6 Å². The molecule has 0 aromatic heterocycles. The van der Waals surface area contributed by atoms with Crippen LogP contribution in [0.25, 0.3) is 0 Å². The molecule has 1 aliphatic rings. The standard InChI is InChI=1S/C18H15F2NO5/c1-10(11-2-5-15-16(6-11)26-9-25-15)21-17(22)8-24-18(23)13-4-3-12(19)7-14(13)20/h2-7,10H,8-9H2,1H3,(H,21,22)/t10-/m1/s1. The first-order valence-electron chi connectivity index (χ1n) is 7.75. The fraction of sp³-hybridized carbons (Fsp3) is 0.222. The van der Waals surface area contributed by atoms with Gasteiger partial charge in [-0.3, -0.25) is 4.79 Å². The van der Waals surface area contributed by atoms with Gasteiger partial charge in [0.15, 0.2) is 18.1 Å². The maximum Gasteiger partial charge on any atom is 0.341 e. The molecule has 1 aliphatic heterocycles. The Balaban J connectivity index is 1.54. The van der Waals surface area contributed by atoms with Crippen LogP contribution in [0.4, 0.5) is 8.78 Å². The van der Waals surface area contributed by atoms with E-state index in [0.29, 0.717) is 17.6 Å². The van der Waals surface area contributed by atoms with E-state index in [9.17, 15) is 18.4 Å². The first-order chi connectivity index (χ1) is 12.4. The zero-order valence-electron chi connectivity index (χ0n) is 13.8. The third-order valence-electron chi connectivity index (χ3n) is 3.76. The molecule has 3 rings (SSSR count). The topological polar surface area (TPSA) is 73.9 Å². The maximum atomic E-state index is 13.5. The molecule has 8 heteroatoms. The summed E-state index contributed by atoms with van der Waals surface area (Å²) in [5, 5.41) is 2.65. The lowest BCUT2D eigenvalue weighted by atomic mass is 10.1. The Kier molecular flexibility index (Phi) is 5.01. The summed E-state index contributed by atoms with van der Waals surface area (Å²) in [5.74, 6) is -2.26. The molecule has 0 saturated carbocycles. The lowest BCUT2D eigenvalue weighted by Crippen LogP contribution is -2.31. The second-order valence-electron chi connectivity index (χ2n) is 5.60. The van der Waals surface area contributed by atoms with E-state index in [1.165, 1.54) is 0 Å². The van der Waals surface area contributed by atoms with E-state index >= 15 is 0 Å². The van der Waals surface area contributed by atoms with Gasteiger partial charge in [-0.2, -0.15) is 0 Å². The van der Waals surface area contributed by atoms with Crippen molar-refractivity contribution in [2.75, 3.05) is 13.4 Å². The molecular formula is C18H15F2NO5. The van der Waals surface area contributed by atoms with Crippen LogP contribution in [0.1, 0.15) is 28.9 Å². The number of halogens is 2. The predicted octanol–water partition coefficient (Wildman–Crippen LogP) is 2.73. The first kappa shape index (κ1) is 17.7. The van der Waals surface area contributed by atoms with E-state index in [4.69, 9.17) is 14.2 Å². The van der Waals surface area contributed by atoms with E-state index in [1.807, 2.05) is 0 Å². The van der Waals surface area contributed by atoms with Gasteiger partial charge in [0, 0.05) is 6.07 Å². The van der Waals surface area contributed by atoms with Crippen molar-refractivity contribution >= 4 is 11.9 Å². The molecule has 0 spiro atoms. The van der Waals surface area contributed by atoms with Gasteiger partial charge in [0.25, 0.3) is 5.91 Å². The van der Waals surface area contributed by atoms with E-state index in [2.05, 4.69) is 5.32 Å². The monoisotopic (exact) mass is 363 g/mol. The predicted molar refractivity (Wildman–Crippen MR) is 85.8 cm³/mol. The number of esters is 1. The highest BCUT2D eigenvalue weighted by molar-refractivity contribution is 5.91. The molecule has 26 heavy (non-hydrogen) atoms. The number of hydrogen-bond acceptors (Lipinski definition) is 5. The molecule has 6 nitrogen and oxygen atoms in total. The van der Waals surface area contributed by atoms with Crippen molar-refractivity contribution in [3.05, 3.63) is 59.2 Å². The molecule has 0 saturated heterocycles. The number of ether oxygens (including phenoxy) is 3. The molecule has 0 unspecified atom stereocenters. The van der Waals surface area contributed by atoms with Crippen LogP contribution in [0.15, 0.2) is 36.4 Å². The minimum atomic E-state index is -1.05. The Hall–Kier alpha value is -3.16. The molecule has 2 aromatic carbocycles. The summed E-state index contributed by atoms with van der Waals surface area (Å²) in [7, 11) is 0. The van der Waals surface area contributed by atoms with Crippen molar-refractivity contribution in [3.63, 3.8) is 0 Å². The highest BCUT2D eigenvalue weighted by atomic mass is 19.1. The molecule has 2 aromatic rings. The van der Waals surface area contributed by atoms with Crippen molar-refractivity contribution in [3.8, 4) is 11.5 Å². The summed E-state index contributed by atoms with van der Waals surface area (Å²) < 4.78 is 41.6. The molecule has 0 fully saturated rings. The molecule has 1 amide bonds. The van der Waals surface area contributed by atoms with Gasteiger partial charge in [-0.15, -0.1) is 0 Å². The highest BCUT2D eigenvalue weighted by Gasteiger charge is 2.19. The number of nitrogens with one attached hydrogen (secondary N) is 1. The highest BCUT2D eigenvalue weighted by Crippen LogP contribution is 2.34. The molecule has 0 bridgehead atoms. The SMILES string of the molecule is C[C@@H](NC(=O)COC(=O)c1ccc(F)cc1F)c1ccc2c(c1)OCO2. The van der Waals surface area contributed by atoms with Crippen LogP contribution in [0, 0.1) is 11.6 Å². The fourth-order valence-corrected chi connectivity index (χ4v) is 2.41. The Bertz CT molecular complexity index is 855. The smallest absolute Gasteiger partial charge is 0.341 e. The van der Waals surface area contributed by atoms with Gasteiger partial charge < -0.3 is 19.5 Å². The molecule has 1 heterocycles. The molecular weight excluding hydrogens is 348 g/mol. The maximum absolute atomic E-state index is 13.5.